The number of anilines is 1. The minimum atomic E-state index is -3.25. The summed E-state index contributed by atoms with van der Waals surface area (Å²) >= 11 is 6.24. The molecule has 0 bridgehead atoms. The zero-order chi connectivity index (χ0) is 29.9. The van der Waals surface area contributed by atoms with Crippen molar-refractivity contribution >= 4 is 49.1 Å². The van der Waals surface area contributed by atoms with Crippen molar-refractivity contribution in [2.24, 2.45) is 14.1 Å². The van der Waals surface area contributed by atoms with Crippen molar-refractivity contribution in [1.29, 1.82) is 0 Å². The fourth-order valence-electron chi connectivity index (χ4n) is 5.94. The van der Waals surface area contributed by atoms with Gasteiger partial charge in [0.05, 0.1) is 24.2 Å². The third-order valence-corrected chi connectivity index (χ3v) is 9.47. The van der Waals surface area contributed by atoms with Crippen LogP contribution in [0.3, 0.4) is 0 Å². The second-order valence-electron chi connectivity index (χ2n) is 11.0. The monoisotopic (exact) mass is 609 g/mol. The summed E-state index contributed by atoms with van der Waals surface area (Å²) < 4.78 is 30.8. The lowest BCUT2D eigenvalue weighted by Crippen LogP contribution is -2.38. The number of fused-ring (bicyclic) bond motifs is 3. The van der Waals surface area contributed by atoms with Gasteiger partial charge in [-0.1, -0.05) is 17.7 Å². The normalized spacial score (nSPS) is 16.0. The first-order valence-electron chi connectivity index (χ1n) is 13.7. The number of nitrogens with zero attached hydrogens (tertiary/aromatic N) is 8. The van der Waals surface area contributed by atoms with Crippen molar-refractivity contribution in [3.63, 3.8) is 0 Å². The molecule has 1 saturated heterocycles. The van der Waals surface area contributed by atoms with Crippen LogP contribution in [0.4, 0.5) is 5.69 Å². The van der Waals surface area contributed by atoms with E-state index in [-0.39, 0.29) is 17.6 Å². The fraction of sp³-hybridized carbons (Fsp3) is 0.393. The molecule has 12 nitrogen and oxygen atoms in total. The van der Waals surface area contributed by atoms with Crippen LogP contribution in [0.25, 0.3) is 33.3 Å². The molecule has 1 fully saturated rings. The maximum absolute atomic E-state index is 13.8. The molecule has 1 atom stereocenters. The molecule has 1 aliphatic heterocycles. The van der Waals surface area contributed by atoms with Crippen molar-refractivity contribution in [3.8, 4) is 11.5 Å². The number of aryl methyl sites for hydroxylation is 3. The van der Waals surface area contributed by atoms with Crippen LogP contribution in [0.2, 0.25) is 5.15 Å². The molecule has 1 N–H and O–H groups in total. The predicted octanol–water partition coefficient (Wildman–Crippen LogP) is 3.81. The van der Waals surface area contributed by atoms with Crippen molar-refractivity contribution in [3.05, 3.63) is 63.4 Å². The van der Waals surface area contributed by atoms with E-state index in [1.165, 1.54) is 10.6 Å². The first-order chi connectivity index (χ1) is 19.9. The van der Waals surface area contributed by atoms with Crippen LogP contribution >= 0.6 is 11.6 Å². The molecule has 1 aromatic carbocycles. The molecule has 5 heterocycles. The van der Waals surface area contributed by atoms with Crippen LogP contribution in [-0.4, -0.2) is 66.2 Å². The molecule has 0 amide bonds. The number of sulfonamides is 1. The van der Waals surface area contributed by atoms with Gasteiger partial charge < -0.3 is 5.32 Å². The van der Waals surface area contributed by atoms with E-state index in [4.69, 9.17) is 16.7 Å². The van der Waals surface area contributed by atoms with Gasteiger partial charge in [0, 0.05) is 49.4 Å². The Morgan fingerprint density at radius 1 is 1.12 bits per heavy atom. The topological polar surface area (TPSA) is 133 Å². The lowest BCUT2D eigenvalue weighted by Gasteiger charge is -2.30. The zero-order valence-electron chi connectivity index (χ0n) is 24.0. The van der Waals surface area contributed by atoms with Crippen LogP contribution in [0.15, 0.2) is 41.6 Å². The molecule has 4 aromatic heterocycles. The summed E-state index contributed by atoms with van der Waals surface area (Å²) in [7, 11) is 0.304. The van der Waals surface area contributed by atoms with E-state index >= 15 is 0 Å². The largest absolute Gasteiger partial charge is 0.377 e. The van der Waals surface area contributed by atoms with Crippen molar-refractivity contribution in [2.75, 3.05) is 24.7 Å². The molecule has 0 aliphatic carbocycles. The smallest absolute Gasteiger partial charge is 0.259 e. The Bertz CT molecular complexity index is 2010. The highest BCUT2D eigenvalue weighted by Gasteiger charge is 2.29. The summed E-state index contributed by atoms with van der Waals surface area (Å²) in [5, 5.41) is 15.4. The van der Waals surface area contributed by atoms with Crippen LogP contribution < -0.4 is 10.9 Å². The van der Waals surface area contributed by atoms with E-state index in [0.717, 1.165) is 21.9 Å². The van der Waals surface area contributed by atoms with E-state index in [9.17, 15) is 13.2 Å². The molecular formula is C28H32ClN9O3S. The Hall–Kier alpha value is -3.81. The lowest BCUT2D eigenvalue weighted by molar-refractivity contribution is 0.265. The highest BCUT2D eigenvalue weighted by atomic mass is 35.5. The number of hydrogen-bond acceptors (Lipinski definition) is 8. The van der Waals surface area contributed by atoms with Crippen LogP contribution in [0.5, 0.6) is 0 Å². The molecule has 6 rings (SSSR count). The van der Waals surface area contributed by atoms with Gasteiger partial charge in [-0.2, -0.15) is 5.10 Å². The van der Waals surface area contributed by atoms with Crippen molar-refractivity contribution in [2.45, 2.75) is 38.8 Å². The third-order valence-electron chi connectivity index (χ3n) is 7.95. The van der Waals surface area contributed by atoms with E-state index < -0.39 is 10.0 Å². The zero-order valence-corrected chi connectivity index (χ0v) is 25.6. The van der Waals surface area contributed by atoms with Crippen molar-refractivity contribution in [1.82, 2.24) is 38.4 Å². The summed E-state index contributed by atoms with van der Waals surface area (Å²) in [5.41, 5.74) is 3.74. The number of halogens is 1. The number of piperidine rings is 1. The Labute approximate surface area is 248 Å². The second kappa shape index (κ2) is 10.5. The van der Waals surface area contributed by atoms with Gasteiger partial charge in [-0.3, -0.25) is 14.0 Å². The van der Waals surface area contributed by atoms with Crippen LogP contribution in [0, 0.1) is 6.92 Å². The summed E-state index contributed by atoms with van der Waals surface area (Å²) in [6, 6.07) is 7.30. The number of aromatic nitrogens is 7. The van der Waals surface area contributed by atoms with Crippen LogP contribution in [0.1, 0.15) is 43.0 Å². The minimum absolute atomic E-state index is 0.0263. The quantitative estimate of drug-likeness (QED) is 0.287. The van der Waals surface area contributed by atoms with Gasteiger partial charge in [-0.15, -0.1) is 5.10 Å². The number of benzene rings is 1. The summed E-state index contributed by atoms with van der Waals surface area (Å²) in [6.07, 6.45) is 5.89. The van der Waals surface area contributed by atoms with Gasteiger partial charge in [0.15, 0.2) is 0 Å². The highest BCUT2D eigenvalue weighted by molar-refractivity contribution is 7.88. The standard InChI is InChI=1S/C28H32ClN9O3S/c1-16-12-19(17(2)32-22-6-7-23(29)33-25(22)26-30-15-35(3)34-26)24-20(13-16)28(39)36(4)27-21(24)14-31-38(27)18-8-10-37(11-9-18)42(5,40)41/h6-7,12-15,17-18,32H,8-11H2,1-5H3. The van der Waals surface area contributed by atoms with Crippen molar-refractivity contribution < 1.29 is 8.42 Å². The Morgan fingerprint density at radius 3 is 2.52 bits per heavy atom. The van der Waals surface area contributed by atoms with E-state index in [2.05, 4.69) is 26.4 Å². The average Bonchev–Trinajstić information content (AvgIpc) is 3.58. The first-order valence-corrected chi connectivity index (χ1v) is 15.9. The molecule has 0 spiro atoms. The molecule has 42 heavy (non-hydrogen) atoms. The number of pyridine rings is 2. The molecule has 5 aromatic rings. The fourth-order valence-corrected chi connectivity index (χ4v) is 6.96. The van der Waals surface area contributed by atoms with Crippen LogP contribution in [-0.2, 0) is 24.1 Å². The number of rotatable bonds is 6. The van der Waals surface area contributed by atoms with E-state index in [1.54, 1.807) is 35.7 Å². The highest BCUT2D eigenvalue weighted by Crippen LogP contribution is 2.36. The summed E-state index contributed by atoms with van der Waals surface area (Å²) in [6.45, 7) is 4.85. The molecule has 14 heteroatoms. The van der Waals surface area contributed by atoms with Gasteiger partial charge in [0.1, 0.15) is 22.8 Å². The molecule has 0 saturated carbocycles. The first kappa shape index (κ1) is 28.3. The third kappa shape index (κ3) is 4.95. The minimum Gasteiger partial charge on any atom is -0.377 e. The Morgan fingerprint density at radius 2 is 1.86 bits per heavy atom. The van der Waals surface area contributed by atoms with Gasteiger partial charge in [-0.25, -0.2) is 27.4 Å². The SMILES string of the molecule is Cc1cc(C(C)Nc2ccc(Cl)nc2-c2ncn(C)n2)c2c(c1)c(=O)n(C)c1c2cnn1C1CCN(S(C)(=O)=O)CC1. The molecule has 220 valence electrons. The van der Waals surface area contributed by atoms with Gasteiger partial charge in [0.25, 0.3) is 5.56 Å². The predicted molar refractivity (Wildman–Crippen MR) is 163 cm³/mol. The van der Waals surface area contributed by atoms with Gasteiger partial charge in [-0.05, 0) is 56.0 Å². The molecule has 0 radical (unpaired) electrons. The second-order valence-corrected chi connectivity index (χ2v) is 13.4. The van der Waals surface area contributed by atoms with E-state index in [1.807, 2.05) is 36.9 Å². The maximum Gasteiger partial charge on any atom is 0.259 e. The number of hydrogen-bond donors (Lipinski definition) is 1. The maximum atomic E-state index is 13.8. The lowest BCUT2D eigenvalue weighted by atomic mass is 9.95. The number of nitrogens with one attached hydrogen (secondary N) is 1. The van der Waals surface area contributed by atoms with E-state index in [0.29, 0.717) is 59.3 Å². The average molecular weight is 610 g/mol. The Kier molecular flexibility index (Phi) is 7.06. The van der Waals surface area contributed by atoms with Gasteiger partial charge in [0.2, 0.25) is 15.8 Å². The Balaban J connectivity index is 1.45. The molecule has 1 unspecified atom stereocenters. The summed E-state index contributed by atoms with van der Waals surface area (Å²) in [4.78, 5) is 22.6. The molecular weight excluding hydrogens is 578 g/mol. The summed E-state index contributed by atoms with van der Waals surface area (Å²) in [5.74, 6) is 0.447. The molecule has 1 aliphatic rings. The van der Waals surface area contributed by atoms with Gasteiger partial charge >= 0.3 is 0 Å².